The Hall–Kier alpha value is -3.83. The molecule has 1 aromatic carbocycles. The van der Waals surface area contributed by atoms with E-state index in [1.54, 1.807) is 4.90 Å². The van der Waals surface area contributed by atoms with Crippen LogP contribution in [0.5, 0.6) is 0 Å². The maximum absolute atomic E-state index is 12.8. The number of carbonyl (C=O) groups is 5. The van der Waals surface area contributed by atoms with Crippen LogP contribution < -0.4 is 20.9 Å². The Balaban J connectivity index is 1.32. The zero-order valence-corrected chi connectivity index (χ0v) is 20.2. The van der Waals surface area contributed by atoms with Crippen LogP contribution in [0.3, 0.4) is 0 Å². The number of hydrogen-bond acceptors (Lipinski definition) is 6. The van der Waals surface area contributed by atoms with Crippen molar-refractivity contribution < 1.29 is 29.1 Å². The summed E-state index contributed by atoms with van der Waals surface area (Å²) in [5.41, 5.74) is 0.193. The summed E-state index contributed by atoms with van der Waals surface area (Å²) in [5.74, 6) is -2.13. The van der Waals surface area contributed by atoms with Crippen LogP contribution in [0.1, 0.15) is 32.6 Å². The standard InChI is InChI=1S/C24H32N6O6/c1-16(31)29-11-5-8-19(29)20(32)27-18(21(33)34)14-25-23(36)28-12-9-24(10-13-28)22(35)26-15-30(24)17-6-3-2-4-7-17/h2-4,6-7,18-19H,5,8-15H2,1H3,(H,25,36)(H,26,35)(H,27,32)(H,33,34)/t18?,19-/m0/s1. The number of nitrogens with zero attached hydrogens (tertiary/aromatic N) is 3. The molecule has 0 radical (unpaired) electrons. The molecule has 0 bridgehead atoms. The fourth-order valence-electron chi connectivity index (χ4n) is 5.30. The highest BCUT2D eigenvalue weighted by molar-refractivity contribution is 5.94. The van der Waals surface area contributed by atoms with Gasteiger partial charge in [-0.1, -0.05) is 18.2 Å². The van der Waals surface area contributed by atoms with E-state index >= 15 is 0 Å². The van der Waals surface area contributed by atoms with Crippen molar-refractivity contribution in [3.63, 3.8) is 0 Å². The molecule has 36 heavy (non-hydrogen) atoms. The third-order valence-corrected chi connectivity index (χ3v) is 7.31. The molecule has 4 rings (SSSR count). The molecule has 1 spiro atoms. The summed E-state index contributed by atoms with van der Waals surface area (Å²) in [6.45, 7) is 2.57. The average molecular weight is 501 g/mol. The van der Waals surface area contributed by atoms with Crippen LogP contribution in [0.15, 0.2) is 30.3 Å². The van der Waals surface area contributed by atoms with E-state index < -0.39 is 35.5 Å². The second kappa shape index (κ2) is 10.4. The molecule has 4 N–H and O–H groups in total. The van der Waals surface area contributed by atoms with Crippen LogP contribution in [0.4, 0.5) is 10.5 Å². The first-order valence-corrected chi connectivity index (χ1v) is 12.2. The number of likely N-dealkylation sites (tertiary alicyclic amines) is 2. The van der Waals surface area contributed by atoms with E-state index in [1.807, 2.05) is 35.2 Å². The van der Waals surface area contributed by atoms with Crippen molar-refractivity contribution in [3.05, 3.63) is 30.3 Å². The molecule has 3 fully saturated rings. The van der Waals surface area contributed by atoms with Gasteiger partial charge in [-0.3, -0.25) is 14.4 Å². The number of aliphatic carboxylic acids is 1. The lowest BCUT2D eigenvalue weighted by atomic mass is 9.85. The molecule has 3 aliphatic heterocycles. The Morgan fingerprint density at radius 2 is 1.83 bits per heavy atom. The summed E-state index contributed by atoms with van der Waals surface area (Å²) >= 11 is 0. The highest BCUT2D eigenvalue weighted by atomic mass is 16.4. The quantitative estimate of drug-likeness (QED) is 0.419. The minimum atomic E-state index is -1.33. The number of hydrogen-bond donors (Lipinski definition) is 4. The summed E-state index contributed by atoms with van der Waals surface area (Å²) in [6, 6.07) is 7.14. The zero-order valence-electron chi connectivity index (χ0n) is 20.2. The number of urea groups is 1. The topological polar surface area (TPSA) is 151 Å². The number of carbonyl (C=O) groups excluding carboxylic acids is 4. The molecule has 0 saturated carbocycles. The predicted octanol–water partition coefficient (Wildman–Crippen LogP) is -0.295. The van der Waals surface area contributed by atoms with E-state index in [1.165, 1.54) is 11.8 Å². The predicted molar refractivity (Wildman–Crippen MR) is 129 cm³/mol. The smallest absolute Gasteiger partial charge is 0.328 e. The summed E-state index contributed by atoms with van der Waals surface area (Å²) in [6.07, 6.45) is 2.00. The molecule has 3 saturated heterocycles. The van der Waals surface area contributed by atoms with Crippen molar-refractivity contribution in [2.75, 3.05) is 37.7 Å². The number of benzene rings is 1. The number of rotatable bonds is 6. The lowest BCUT2D eigenvalue weighted by molar-refractivity contribution is -0.143. The van der Waals surface area contributed by atoms with Crippen molar-refractivity contribution in [1.82, 2.24) is 25.8 Å². The molecule has 12 heteroatoms. The van der Waals surface area contributed by atoms with Gasteiger partial charge in [0.15, 0.2) is 0 Å². The van der Waals surface area contributed by atoms with Crippen LogP contribution in [0.25, 0.3) is 0 Å². The number of carboxylic acids is 1. The molecule has 0 aromatic heterocycles. The van der Waals surface area contributed by atoms with E-state index in [0.29, 0.717) is 52.0 Å². The van der Waals surface area contributed by atoms with Gasteiger partial charge < -0.3 is 35.8 Å². The number of anilines is 1. The molecule has 2 atom stereocenters. The molecule has 3 aliphatic rings. The Labute approximate surface area is 209 Å². The molecular formula is C24H32N6O6. The summed E-state index contributed by atoms with van der Waals surface area (Å²) in [5, 5.41) is 17.5. The summed E-state index contributed by atoms with van der Waals surface area (Å²) < 4.78 is 0. The van der Waals surface area contributed by atoms with E-state index in [2.05, 4.69) is 16.0 Å². The number of nitrogens with one attached hydrogen (secondary N) is 3. The Kier molecular flexibility index (Phi) is 7.32. The van der Waals surface area contributed by atoms with E-state index in [0.717, 1.165) is 5.69 Å². The van der Waals surface area contributed by atoms with Crippen LogP contribution in [0, 0.1) is 0 Å². The molecule has 0 aliphatic carbocycles. The largest absolute Gasteiger partial charge is 0.480 e. The Bertz CT molecular complexity index is 1030. The fraction of sp³-hybridized carbons (Fsp3) is 0.542. The fourth-order valence-corrected chi connectivity index (χ4v) is 5.30. The van der Waals surface area contributed by atoms with Crippen molar-refractivity contribution in [3.8, 4) is 0 Å². The molecule has 3 heterocycles. The average Bonchev–Trinajstić information content (AvgIpc) is 3.48. The first-order valence-electron chi connectivity index (χ1n) is 12.2. The highest BCUT2D eigenvalue weighted by Crippen LogP contribution is 2.36. The minimum absolute atomic E-state index is 0.0633. The first-order chi connectivity index (χ1) is 17.2. The molecular weight excluding hydrogens is 468 g/mol. The van der Waals surface area contributed by atoms with Gasteiger partial charge in [-0.25, -0.2) is 9.59 Å². The van der Waals surface area contributed by atoms with Gasteiger partial charge in [-0.2, -0.15) is 0 Å². The molecule has 1 aromatic rings. The normalized spacial score (nSPS) is 21.8. The van der Waals surface area contributed by atoms with E-state index in [9.17, 15) is 29.1 Å². The summed E-state index contributed by atoms with van der Waals surface area (Å²) in [7, 11) is 0. The van der Waals surface area contributed by atoms with Gasteiger partial charge in [0.05, 0.1) is 13.2 Å². The van der Waals surface area contributed by atoms with Gasteiger partial charge in [0.25, 0.3) is 0 Å². The van der Waals surface area contributed by atoms with Crippen molar-refractivity contribution in [2.45, 2.75) is 50.2 Å². The van der Waals surface area contributed by atoms with Gasteiger partial charge in [0, 0.05) is 32.2 Å². The monoisotopic (exact) mass is 500 g/mol. The molecule has 12 nitrogen and oxygen atoms in total. The van der Waals surface area contributed by atoms with Gasteiger partial charge in [0.2, 0.25) is 17.7 Å². The van der Waals surface area contributed by atoms with Crippen LogP contribution in [0.2, 0.25) is 0 Å². The van der Waals surface area contributed by atoms with E-state index in [4.69, 9.17) is 0 Å². The van der Waals surface area contributed by atoms with Crippen molar-refractivity contribution in [1.29, 1.82) is 0 Å². The Morgan fingerprint density at radius 1 is 1.14 bits per heavy atom. The third kappa shape index (κ3) is 4.93. The maximum Gasteiger partial charge on any atom is 0.328 e. The number of para-hydroxylation sites is 1. The highest BCUT2D eigenvalue weighted by Gasteiger charge is 2.50. The maximum atomic E-state index is 12.8. The number of amides is 5. The first kappa shape index (κ1) is 25.3. The van der Waals surface area contributed by atoms with Crippen LogP contribution in [-0.2, 0) is 19.2 Å². The second-order valence-corrected chi connectivity index (χ2v) is 9.40. The van der Waals surface area contributed by atoms with Gasteiger partial charge in [0.1, 0.15) is 17.6 Å². The lowest BCUT2D eigenvalue weighted by Gasteiger charge is -2.43. The second-order valence-electron chi connectivity index (χ2n) is 9.40. The van der Waals surface area contributed by atoms with Crippen molar-refractivity contribution in [2.24, 2.45) is 0 Å². The SMILES string of the molecule is CC(=O)N1CCC[C@H]1C(=O)NC(CNC(=O)N1CCC2(CC1)C(=O)NCN2c1ccccc1)C(=O)O. The summed E-state index contributed by atoms with van der Waals surface area (Å²) in [4.78, 5) is 66.6. The lowest BCUT2D eigenvalue weighted by Crippen LogP contribution is -2.59. The van der Waals surface area contributed by atoms with Gasteiger partial charge in [-0.05, 0) is 37.8 Å². The van der Waals surface area contributed by atoms with Crippen LogP contribution >= 0.6 is 0 Å². The zero-order chi connectivity index (χ0) is 25.9. The van der Waals surface area contributed by atoms with Gasteiger partial charge >= 0.3 is 12.0 Å². The van der Waals surface area contributed by atoms with Gasteiger partial charge in [-0.15, -0.1) is 0 Å². The number of piperidine rings is 1. The van der Waals surface area contributed by atoms with E-state index in [-0.39, 0.29) is 18.4 Å². The molecule has 1 unspecified atom stereocenters. The molecule has 194 valence electrons. The number of carboxylic acid groups (broad SMARTS) is 1. The van der Waals surface area contributed by atoms with Crippen molar-refractivity contribution >= 4 is 35.4 Å². The third-order valence-electron chi connectivity index (χ3n) is 7.31. The Morgan fingerprint density at radius 3 is 2.47 bits per heavy atom. The molecule has 5 amide bonds. The van der Waals surface area contributed by atoms with Crippen LogP contribution in [-0.4, -0.2) is 95.1 Å². The minimum Gasteiger partial charge on any atom is -0.480 e.